The van der Waals surface area contributed by atoms with Crippen LogP contribution in [0.2, 0.25) is 0 Å². The number of ether oxygens (including phenoxy) is 3. The Kier molecular flexibility index (Phi) is 10.3. The van der Waals surface area contributed by atoms with E-state index in [1.165, 1.54) is 0 Å². The lowest BCUT2D eigenvalue weighted by atomic mass is 10.1. The molecule has 128 valence electrons. The number of alkyl carbamates (subject to hydrolysis) is 3. The molecule has 0 heterocycles. The minimum absolute atomic E-state index is 0.183. The van der Waals surface area contributed by atoms with Crippen molar-refractivity contribution in [2.45, 2.75) is 33.9 Å². The summed E-state index contributed by atoms with van der Waals surface area (Å²) in [6.45, 7) is 7.60. The van der Waals surface area contributed by atoms with E-state index in [-0.39, 0.29) is 32.3 Å². The van der Waals surface area contributed by atoms with Crippen LogP contribution >= 0.6 is 0 Å². The van der Waals surface area contributed by atoms with Crippen LogP contribution in [0.5, 0.6) is 0 Å². The molecule has 0 aliphatic heterocycles. The van der Waals surface area contributed by atoms with Crippen molar-refractivity contribution in [1.82, 2.24) is 16.0 Å². The normalized spacial score (nSPS) is 11.3. The number of hydrogen-bond acceptors (Lipinski definition) is 6. The predicted molar refractivity (Wildman–Crippen MR) is 78.3 cm³/mol. The van der Waals surface area contributed by atoms with Gasteiger partial charge in [-0.25, -0.2) is 14.4 Å². The van der Waals surface area contributed by atoms with Gasteiger partial charge in [-0.3, -0.25) is 0 Å². The molecule has 0 radical (unpaired) electrons. The molecule has 3 amide bonds. The summed E-state index contributed by atoms with van der Waals surface area (Å²) in [5.74, 6) is -0.321. The highest BCUT2D eigenvalue weighted by molar-refractivity contribution is 5.71. The van der Waals surface area contributed by atoms with Gasteiger partial charge in [0, 0.05) is 12.5 Å². The molecule has 22 heavy (non-hydrogen) atoms. The number of amides is 3. The van der Waals surface area contributed by atoms with E-state index in [1.807, 2.05) is 0 Å². The monoisotopic (exact) mass is 319 g/mol. The van der Waals surface area contributed by atoms with E-state index in [4.69, 9.17) is 14.2 Å². The third kappa shape index (κ3) is 8.88. The van der Waals surface area contributed by atoms with Crippen LogP contribution in [0.1, 0.15) is 27.7 Å². The molecule has 0 spiro atoms. The zero-order valence-electron chi connectivity index (χ0n) is 13.4. The minimum Gasteiger partial charge on any atom is -0.450 e. The first-order valence-corrected chi connectivity index (χ1v) is 7.21. The molecule has 1 atom stereocenters. The van der Waals surface area contributed by atoms with Crippen molar-refractivity contribution in [3.8, 4) is 0 Å². The van der Waals surface area contributed by atoms with Gasteiger partial charge in [-0.15, -0.1) is 0 Å². The maximum Gasteiger partial charge on any atom is 0.408 e. The van der Waals surface area contributed by atoms with E-state index in [9.17, 15) is 14.4 Å². The van der Waals surface area contributed by atoms with Crippen molar-refractivity contribution in [2.75, 3.05) is 26.4 Å². The van der Waals surface area contributed by atoms with Crippen molar-refractivity contribution >= 4 is 18.3 Å². The lowest BCUT2D eigenvalue weighted by Gasteiger charge is -2.25. The number of carbonyl (C=O) groups excluding carboxylic acids is 3. The second-order valence-corrected chi connectivity index (χ2v) is 4.29. The van der Waals surface area contributed by atoms with Gasteiger partial charge in [-0.05, 0) is 20.8 Å². The van der Waals surface area contributed by atoms with Crippen molar-refractivity contribution in [3.63, 3.8) is 0 Å². The Hall–Kier alpha value is -2.19. The van der Waals surface area contributed by atoms with E-state index in [1.54, 1.807) is 27.7 Å². The second kappa shape index (κ2) is 11.5. The van der Waals surface area contributed by atoms with E-state index < -0.39 is 24.4 Å². The summed E-state index contributed by atoms with van der Waals surface area (Å²) in [5.41, 5.74) is 0. The van der Waals surface area contributed by atoms with Gasteiger partial charge in [0.1, 0.15) is 6.17 Å². The van der Waals surface area contributed by atoms with Crippen LogP contribution in [0.3, 0.4) is 0 Å². The third-order valence-corrected chi connectivity index (χ3v) is 2.51. The number of hydrogen-bond donors (Lipinski definition) is 3. The van der Waals surface area contributed by atoms with Crippen LogP contribution in [0, 0.1) is 5.92 Å². The van der Waals surface area contributed by atoms with Gasteiger partial charge >= 0.3 is 18.3 Å². The molecule has 9 nitrogen and oxygen atoms in total. The van der Waals surface area contributed by atoms with Gasteiger partial charge in [0.2, 0.25) is 0 Å². The molecule has 0 fully saturated rings. The first-order valence-electron chi connectivity index (χ1n) is 7.21. The van der Waals surface area contributed by atoms with Crippen LogP contribution < -0.4 is 16.0 Å². The van der Waals surface area contributed by atoms with Crippen LogP contribution in [-0.2, 0) is 14.2 Å². The molecule has 0 rings (SSSR count). The molecule has 0 saturated heterocycles. The molecule has 0 aliphatic rings. The predicted octanol–water partition coefficient (Wildman–Crippen LogP) is 1.19. The molecule has 0 saturated carbocycles. The number of nitrogens with one attached hydrogen (secondary N) is 3. The zero-order valence-corrected chi connectivity index (χ0v) is 13.4. The molecular weight excluding hydrogens is 294 g/mol. The summed E-state index contributed by atoms with van der Waals surface area (Å²) in [6.07, 6.45) is -2.68. The molecule has 0 aromatic carbocycles. The van der Waals surface area contributed by atoms with Crippen molar-refractivity contribution in [2.24, 2.45) is 5.92 Å². The Bertz CT molecular complexity index is 344. The van der Waals surface area contributed by atoms with Crippen LogP contribution in [-0.4, -0.2) is 50.8 Å². The Morgan fingerprint density at radius 2 is 1.23 bits per heavy atom. The molecule has 0 aromatic rings. The Labute approximate surface area is 130 Å². The number of carbonyl (C=O) groups is 3. The number of rotatable bonds is 8. The van der Waals surface area contributed by atoms with Crippen molar-refractivity contribution in [3.05, 3.63) is 0 Å². The summed E-state index contributed by atoms with van der Waals surface area (Å²) < 4.78 is 14.3. The van der Waals surface area contributed by atoms with Gasteiger partial charge in [0.25, 0.3) is 0 Å². The zero-order chi connectivity index (χ0) is 17.0. The molecule has 0 bridgehead atoms. The molecular formula is C13H25N3O6. The lowest BCUT2D eigenvalue weighted by Crippen LogP contribution is -2.54. The summed E-state index contributed by atoms with van der Waals surface area (Å²) in [4.78, 5) is 34.3. The fraction of sp³-hybridized carbons (Fsp3) is 0.769. The SMILES string of the molecule is CCOC(=O)NCC(C)C(NC(=O)OCC)NC(=O)OCC. The summed E-state index contributed by atoms with van der Waals surface area (Å²) in [7, 11) is 0. The smallest absolute Gasteiger partial charge is 0.408 e. The second-order valence-electron chi connectivity index (χ2n) is 4.29. The van der Waals surface area contributed by atoms with Crippen LogP contribution in [0.25, 0.3) is 0 Å². The standard InChI is InChI=1S/C13H25N3O6/c1-5-20-11(17)14-8-9(4)10(15-12(18)21-6-2)16-13(19)22-7-3/h9-10H,5-8H2,1-4H3,(H,14,17)(H,15,18)(H,16,19). The van der Waals surface area contributed by atoms with Gasteiger partial charge < -0.3 is 30.2 Å². The van der Waals surface area contributed by atoms with E-state index in [2.05, 4.69) is 16.0 Å². The average Bonchev–Trinajstić information content (AvgIpc) is 2.45. The first-order chi connectivity index (χ1) is 10.4. The van der Waals surface area contributed by atoms with Crippen molar-refractivity contribution < 1.29 is 28.6 Å². The summed E-state index contributed by atoms with van der Waals surface area (Å²) >= 11 is 0. The molecule has 0 aliphatic carbocycles. The highest BCUT2D eigenvalue weighted by Crippen LogP contribution is 2.01. The molecule has 9 heteroatoms. The highest BCUT2D eigenvalue weighted by atomic mass is 16.6. The fourth-order valence-electron chi connectivity index (χ4n) is 1.46. The van der Waals surface area contributed by atoms with Crippen LogP contribution in [0.4, 0.5) is 14.4 Å². The molecule has 3 N–H and O–H groups in total. The van der Waals surface area contributed by atoms with E-state index in [0.29, 0.717) is 0 Å². The fourth-order valence-corrected chi connectivity index (χ4v) is 1.46. The Morgan fingerprint density at radius 3 is 1.64 bits per heavy atom. The lowest BCUT2D eigenvalue weighted by molar-refractivity contribution is 0.126. The quantitative estimate of drug-likeness (QED) is 0.457. The topological polar surface area (TPSA) is 115 Å². The minimum atomic E-state index is -0.764. The maximum absolute atomic E-state index is 11.5. The van der Waals surface area contributed by atoms with Crippen LogP contribution in [0.15, 0.2) is 0 Å². The summed E-state index contributed by atoms with van der Waals surface area (Å²) in [6, 6.07) is 0. The first kappa shape index (κ1) is 19.8. The van der Waals surface area contributed by atoms with Gasteiger partial charge in [-0.1, -0.05) is 6.92 Å². The molecule has 1 unspecified atom stereocenters. The van der Waals surface area contributed by atoms with Gasteiger partial charge in [-0.2, -0.15) is 0 Å². The largest absolute Gasteiger partial charge is 0.450 e. The van der Waals surface area contributed by atoms with E-state index >= 15 is 0 Å². The average molecular weight is 319 g/mol. The van der Waals surface area contributed by atoms with E-state index in [0.717, 1.165) is 0 Å². The van der Waals surface area contributed by atoms with Crippen molar-refractivity contribution in [1.29, 1.82) is 0 Å². The summed E-state index contributed by atoms with van der Waals surface area (Å²) in [5, 5.41) is 7.52. The van der Waals surface area contributed by atoms with Gasteiger partial charge in [0.05, 0.1) is 19.8 Å². The Morgan fingerprint density at radius 1 is 0.818 bits per heavy atom. The third-order valence-electron chi connectivity index (χ3n) is 2.51. The van der Waals surface area contributed by atoms with Gasteiger partial charge in [0.15, 0.2) is 0 Å². The maximum atomic E-state index is 11.5. The Balaban J connectivity index is 4.56. The molecule has 0 aromatic heterocycles. The highest BCUT2D eigenvalue weighted by Gasteiger charge is 2.23.